The summed E-state index contributed by atoms with van der Waals surface area (Å²) in [5, 5.41) is 1.01. The SMILES string of the molecule is CC.CCC(C)C1CCS1. The lowest BCUT2D eigenvalue weighted by Gasteiger charge is -2.29. The molecular weight excluding hydrogens is 140 g/mol. The molecule has 0 aliphatic carbocycles. The summed E-state index contributed by atoms with van der Waals surface area (Å²) in [6, 6.07) is 0. The standard InChI is InChI=1S/C7H14S.C2H6/c1-3-6(2)7-4-5-8-7;1-2/h6-7H,3-5H2,1-2H3;1-2H3. The van der Waals surface area contributed by atoms with Crippen molar-refractivity contribution in [2.45, 2.75) is 45.8 Å². The molecule has 0 bridgehead atoms. The Balaban J connectivity index is 0.000000371. The van der Waals surface area contributed by atoms with Gasteiger partial charge in [-0.3, -0.25) is 0 Å². The van der Waals surface area contributed by atoms with Gasteiger partial charge in [0, 0.05) is 5.25 Å². The molecule has 2 atom stereocenters. The Morgan fingerprint density at radius 3 is 2.10 bits per heavy atom. The lowest BCUT2D eigenvalue weighted by Crippen LogP contribution is -2.22. The zero-order valence-corrected chi connectivity index (χ0v) is 8.50. The maximum absolute atomic E-state index is 2.36. The third-order valence-electron chi connectivity index (χ3n) is 2.01. The van der Waals surface area contributed by atoms with Crippen LogP contribution in [-0.2, 0) is 0 Å². The first kappa shape index (κ1) is 10.3. The lowest BCUT2D eigenvalue weighted by molar-refractivity contribution is 0.509. The average Bonchev–Trinajstić information content (AvgIpc) is 1.89. The molecule has 1 rings (SSSR count). The lowest BCUT2D eigenvalue weighted by atomic mass is 10.0. The fraction of sp³-hybridized carbons (Fsp3) is 1.00. The summed E-state index contributed by atoms with van der Waals surface area (Å²) in [7, 11) is 0. The molecule has 2 unspecified atom stereocenters. The molecule has 0 radical (unpaired) electrons. The van der Waals surface area contributed by atoms with Crippen LogP contribution in [0, 0.1) is 5.92 Å². The highest BCUT2D eigenvalue weighted by Gasteiger charge is 2.22. The van der Waals surface area contributed by atoms with E-state index in [4.69, 9.17) is 0 Å². The summed E-state index contributed by atoms with van der Waals surface area (Å²) in [5.74, 6) is 2.38. The number of hydrogen-bond acceptors (Lipinski definition) is 1. The van der Waals surface area contributed by atoms with Crippen molar-refractivity contribution in [1.29, 1.82) is 0 Å². The van der Waals surface area contributed by atoms with Crippen LogP contribution >= 0.6 is 11.8 Å². The molecule has 0 aromatic rings. The van der Waals surface area contributed by atoms with Gasteiger partial charge in [0.2, 0.25) is 0 Å². The second-order valence-electron chi connectivity index (χ2n) is 2.58. The molecule has 1 heteroatoms. The van der Waals surface area contributed by atoms with Gasteiger partial charge in [0.1, 0.15) is 0 Å². The van der Waals surface area contributed by atoms with E-state index in [1.54, 1.807) is 0 Å². The molecular formula is C9H20S. The van der Waals surface area contributed by atoms with Gasteiger partial charge in [0.05, 0.1) is 0 Å². The van der Waals surface area contributed by atoms with Gasteiger partial charge in [-0.05, 0) is 18.1 Å². The second kappa shape index (κ2) is 6.09. The Morgan fingerprint density at radius 2 is 2.00 bits per heavy atom. The summed E-state index contributed by atoms with van der Waals surface area (Å²) < 4.78 is 0. The molecule has 0 saturated carbocycles. The summed E-state index contributed by atoms with van der Waals surface area (Å²) in [4.78, 5) is 0. The first-order chi connectivity index (χ1) is 4.84. The van der Waals surface area contributed by atoms with Crippen molar-refractivity contribution >= 4 is 11.8 Å². The van der Waals surface area contributed by atoms with Gasteiger partial charge in [0.15, 0.2) is 0 Å². The highest BCUT2D eigenvalue weighted by Crippen LogP contribution is 2.34. The molecule has 1 aliphatic heterocycles. The van der Waals surface area contributed by atoms with Gasteiger partial charge in [-0.25, -0.2) is 0 Å². The molecule has 62 valence electrons. The zero-order chi connectivity index (χ0) is 7.98. The third-order valence-corrected chi connectivity index (χ3v) is 3.61. The highest BCUT2D eigenvalue weighted by atomic mass is 32.2. The summed E-state index contributed by atoms with van der Waals surface area (Å²) >= 11 is 2.14. The molecule has 1 heterocycles. The predicted octanol–water partition coefficient (Wildman–Crippen LogP) is 3.56. The Morgan fingerprint density at radius 1 is 1.50 bits per heavy atom. The van der Waals surface area contributed by atoms with Crippen LogP contribution in [0.5, 0.6) is 0 Å². The molecule has 0 amide bonds. The Labute approximate surface area is 69.8 Å². The van der Waals surface area contributed by atoms with E-state index in [0.717, 1.165) is 11.2 Å². The van der Waals surface area contributed by atoms with E-state index >= 15 is 0 Å². The van der Waals surface area contributed by atoms with Crippen molar-refractivity contribution in [3.8, 4) is 0 Å². The third kappa shape index (κ3) is 2.96. The maximum atomic E-state index is 2.36. The van der Waals surface area contributed by atoms with Crippen molar-refractivity contribution in [1.82, 2.24) is 0 Å². The van der Waals surface area contributed by atoms with Crippen LogP contribution in [-0.4, -0.2) is 11.0 Å². The van der Waals surface area contributed by atoms with Crippen LogP contribution < -0.4 is 0 Å². The Hall–Kier alpha value is 0.350. The average molecular weight is 160 g/mol. The van der Waals surface area contributed by atoms with E-state index in [1.807, 2.05) is 13.8 Å². The van der Waals surface area contributed by atoms with E-state index in [9.17, 15) is 0 Å². The van der Waals surface area contributed by atoms with Crippen LogP contribution in [0.25, 0.3) is 0 Å². The number of hydrogen-bond donors (Lipinski definition) is 0. The monoisotopic (exact) mass is 160 g/mol. The fourth-order valence-corrected chi connectivity index (χ4v) is 1.99. The first-order valence-electron chi connectivity index (χ1n) is 4.46. The smallest absolute Gasteiger partial charge is 0.00804 e. The molecule has 10 heavy (non-hydrogen) atoms. The predicted molar refractivity (Wildman–Crippen MR) is 51.7 cm³/mol. The van der Waals surface area contributed by atoms with Gasteiger partial charge in [-0.1, -0.05) is 34.1 Å². The minimum atomic E-state index is 0.966. The molecule has 0 spiro atoms. The van der Waals surface area contributed by atoms with Crippen LogP contribution in [0.1, 0.15) is 40.5 Å². The van der Waals surface area contributed by atoms with E-state index in [0.29, 0.717) is 0 Å². The fourth-order valence-electron chi connectivity index (χ4n) is 0.966. The van der Waals surface area contributed by atoms with Crippen molar-refractivity contribution < 1.29 is 0 Å². The van der Waals surface area contributed by atoms with Gasteiger partial charge < -0.3 is 0 Å². The maximum Gasteiger partial charge on any atom is 0.00804 e. The summed E-state index contributed by atoms with van der Waals surface area (Å²) in [5.41, 5.74) is 0. The van der Waals surface area contributed by atoms with Crippen molar-refractivity contribution in [3.05, 3.63) is 0 Å². The van der Waals surface area contributed by atoms with Gasteiger partial charge in [-0.15, -0.1) is 0 Å². The van der Waals surface area contributed by atoms with Crippen LogP contribution in [0.2, 0.25) is 0 Å². The van der Waals surface area contributed by atoms with Gasteiger partial charge in [0.25, 0.3) is 0 Å². The molecule has 1 aliphatic rings. The summed E-state index contributed by atoms with van der Waals surface area (Å²) in [6.07, 6.45) is 2.83. The molecule has 1 fully saturated rings. The Kier molecular flexibility index (Phi) is 6.30. The molecule has 0 nitrogen and oxygen atoms in total. The van der Waals surface area contributed by atoms with E-state index in [2.05, 4.69) is 25.6 Å². The summed E-state index contributed by atoms with van der Waals surface area (Å²) in [6.45, 7) is 8.64. The Bertz CT molecular complexity index is 64.4. The highest BCUT2D eigenvalue weighted by molar-refractivity contribution is 8.01. The van der Waals surface area contributed by atoms with Gasteiger partial charge in [-0.2, -0.15) is 11.8 Å². The van der Waals surface area contributed by atoms with Crippen molar-refractivity contribution in [2.75, 3.05) is 5.75 Å². The molecule has 0 aromatic carbocycles. The zero-order valence-electron chi connectivity index (χ0n) is 7.68. The number of thioether (sulfide) groups is 1. The minimum Gasteiger partial charge on any atom is -0.158 e. The quantitative estimate of drug-likeness (QED) is 0.595. The van der Waals surface area contributed by atoms with Crippen LogP contribution in [0.3, 0.4) is 0 Å². The van der Waals surface area contributed by atoms with Crippen molar-refractivity contribution in [3.63, 3.8) is 0 Å². The van der Waals surface area contributed by atoms with Crippen LogP contribution in [0.15, 0.2) is 0 Å². The molecule has 1 saturated heterocycles. The number of rotatable bonds is 2. The van der Waals surface area contributed by atoms with E-state index in [-0.39, 0.29) is 0 Å². The van der Waals surface area contributed by atoms with E-state index < -0.39 is 0 Å². The van der Waals surface area contributed by atoms with Crippen LogP contribution in [0.4, 0.5) is 0 Å². The largest absolute Gasteiger partial charge is 0.158 e. The molecule has 0 aromatic heterocycles. The van der Waals surface area contributed by atoms with Gasteiger partial charge >= 0.3 is 0 Å². The topological polar surface area (TPSA) is 0 Å². The van der Waals surface area contributed by atoms with E-state index in [1.165, 1.54) is 18.6 Å². The first-order valence-corrected chi connectivity index (χ1v) is 5.51. The molecule has 0 N–H and O–H groups in total. The second-order valence-corrected chi connectivity index (χ2v) is 3.93. The minimum absolute atomic E-state index is 0.966. The normalized spacial score (nSPS) is 25.8. The van der Waals surface area contributed by atoms with Crippen molar-refractivity contribution in [2.24, 2.45) is 5.92 Å².